The highest BCUT2D eigenvalue weighted by Crippen LogP contribution is 2.34. The van der Waals surface area contributed by atoms with Crippen LogP contribution in [0.15, 0.2) is 6.20 Å². The molecule has 0 amide bonds. The van der Waals surface area contributed by atoms with Crippen LogP contribution in [0, 0.1) is 0 Å². The second-order valence-electron chi connectivity index (χ2n) is 3.90. The van der Waals surface area contributed by atoms with Crippen molar-refractivity contribution in [3.05, 3.63) is 17.7 Å². The van der Waals surface area contributed by atoms with E-state index in [0.717, 1.165) is 31.2 Å². The topological polar surface area (TPSA) is 49.9 Å². The largest absolute Gasteiger partial charge is 0.383 e. The highest BCUT2D eigenvalue weighted by atomic mass is 32.2. The molecule has 1 saturated heterocycles. The smallest absolute Gasteiger partial charge is 0.120 e. The lowest BCUT2D eigenvalue weighted by atomic mass is 10.4. The fourth-order valence-electron chi connectivity index (χ4n) is 1.67. The van der Waals surface area contributed by atoms with E-state index >= 15 is 0 Å². The SMILES string of the molecule is COCCNCc1cnc(C2CSCCS2)[nH]1. The molecule has 0 aliphatic carbocycles. The van der Waals surface area contributed by atoms with Gasteiger partial charge in [0.1, 0.15) is 5.82 Å². The van der Waals surface area contributed by atoms with Crippen LogP contribution in [-0.2, 0) is 11.3 Å². The predicted octanol–water partition coefficient (Wildman–Crippen LogP) is 1.67. The first-order valence-electron chi connectivity index (χ1n) is 5.83. The van der Waals surface area contributed by atoms with E-state index in [9.17, 15) is 0 Å². The van der Waals surface area contributed by atoms with E-state index in [1.54, 1.807) is 7.11 Å². The number of aromatic amines is 1. The zero-order valence-electron chi connectivity index (χ0n) is 10.1. The molecule has 1 fully saturated rings. The molecule has 1 atom stereocenters. The van der Waals surface area contributed by atoms with Gasteiger partial charge in [-0.2, -0.15) is 11.8 Å². The summed E-state index contributed by atoms with van der Waals surface area (Å²) in [4.78, 5) is 7.89. The standard InChI is InChI=1S/C11H19N3OS2/c1-15-3-2-12-6-9-7-13-11(14-9)10-8-16-4-5-17-10/h7,10,12H,2-6,8H2,1H3,(H,13,14). The maximum Gasteiger partial charge on any atom is 0.120 e. The highest BCUT2D eigenvalue weighted by Gasteiger charge is 2.18. The first kappa shape index (κ1) is 13.3. The first-order valence-corrected chi connectivity index (χ1v) is 8.03. The number of nitrogens with zero attached hydrogens (tertiary/aromatic N) is 1. The van der Waals surface area contributed by atoms with E-state index in [0.29, 0.717) is 5.25 Å². The maximum atomic E-state index is 4.99. The molecule has 0 aromatic carbocycles. The first-order chi connectivity index (χ1) is 8.40. The quantitative estimate of drug-likeness (QED) is 0.772. The number of nitrogens with one attached hydrogen (secondary N) is 2. The van der Waals surface area contributed by atoms with Crippen LogP contribution in [-0.4, -0.2) is 47.5 Å². The van der Waals surface area contributed by atoms with Crippen molar-refractivity contribution in [1.29, 1.82) is 0 Å². The summed E-state index contributed by atoms with van der Waals surface area (Å²) in [5.74, 6) is 4.81. The zero-order valence-corrected chi connectivity index (χ0v) is 11.7. The molecule has 4 nitrogen and oxygen atoms in total. The van der Waals surface area contributed by atoms with E-state index in [1.165, 1.54) is 17.3 Å². The van der Waals surface area contributed by atoms with Crippen LogP contribution in [0.1, 0.15) is 16.8 Å². The van der Waals surface area contributed by atoms with E-state index < -0.39 is 0 Å². The van der Waals surface area contributed by atoms with Crippen molar-refractivity contribution in [1.82, 2.24) is 15.3 Å². The van der Waals surface area contributed by atoms with Gasteiger partial charge >= 0.3 is 0 Å². The monoisotopic (exact) mass is 273 g/mol. The molecule has 2 N–H and O–H groups in total. The fourth-order valence-corrected chi connectivity index (χ4v) is 4.30. The number of hydrogen-bond donors (Lipinski definition) is 2. The van der Waals surface area contributed by atoms with Gasteiger partial charge in [0.15, 0.2) is 0 Å². The Kier molecular flexibility index (Phi) is 5.70. The Bertz CT molecular complexity index is 326. The second-order valence-corrected chi connectivity index (χ2v) is 6.36. The van der Waals surface area contributed by atoms with Gasteiger partial charge in [0, 0.05) is 49.3 Å². The summed E-state index contributed by atoms with van der Waals surface area (Å²) in [5.41, 5.74) is 1.16. The van der Waals surface area contributed by atoms with Crippen molar-refractivity contribution < 1.29 is 4.74 Å². The van der Waals surface area contributed by atoms with Gasteiger partial charge in [-0.05, 0) is 0 Å². The third-order valence-electron chi connectivity index (χ3n) is 2.57. The second kappa shape index (κ2) is 7.31. The molecule has 2 rings (SSSR count). The van der Waals surface area contributed by atoms with Gasteiger partial charge < -0.3 is 15.0 Å². The number of methoxy groups -OCH3 is 1. The molecule has 0 bridgehead atoms. The molecule has 6 heteroatoms. The number of hydrogen-bond acceptors (Lipinski definition) is 5. The van der Waals surface area contributed by atoms with Crippen LogP contribution in [0.25, 0.3) is 0 Å². The molecule has 96 valence electrons. The van der Waals surface area contributed by atoms with Crippen molar-refractivity contribution in [2.75, 3.05) is 37.5 Å². The number of H-pyrrole nitrogens is 1. The van der Waals surface area contributed by atoms with Gasteiger partial charge in [-0.15, -0.1) is 11.8 Å². The Morgan fingerprint density at radius 1 is 1.59 bits per heavy atom. The lowest BCUT2D eigenvalue weighted by Gasteiger charge is -2.18. The van der Waals surface area contributed by atoms with Crippen molar-refractivity contribution in [3.8, 4) is 0 Å². The summed E-state index contributed by atoms with van der Waals surface area (Å²) in [6, 6.07) is 0. The minimum absolute atomic E-state index is 0.543. The number of rotatable bonds is 6. The molecular weight excluding hydrogens is 254 g/mol. The molecule has 1 aliphatic rings. The van der Waals surface area contributed by atoms with E-state index in [1.807, 2.05) is 29.7 Å². The van der Waals surface area contributed by atoms with Gasteiger partial charge in [-0.25, -0.2) is 4.98 Å². The summed E-state index contributed by atoms with van der Waals surface area (Å²) in [6.07, 6.45) is 1.94. The van der Waals surface area contributed by atoms with Crippen molar-refractivity contribution in [2.24, 2.45) is 0 Å². The average Bonchev–Trinajstić information content (AvgIpc) is 2.85. The van der Waals surface area contributed by atoms with Crippen molar-refractivity contribution >= 4 is 23.5 Å². The van der Waals surface area contributed by atoms with Crippen LogP contribution in [0.4, 0.5) is 0 Å². The summed E-state index contributed by atoms with van der Waals surface area (Å²) in [5, 5.41) is 3.85. The van der Waals surface area contributed by atoms with Gasteiger partial charge in [-0.1, -0.05) is 0 Å². The summed E-state index contributed by atoms with van der Waals surface area (Å²) in [7, 11) is 1.72. The van der Waals surface area contributed by atoms with Crippen LogP contribution in [0.3, 0.4) is 0 Å². The Balaban J connectivity index is 1.78. The van der Waals surface area contributed by atoms with Crippen molar-refractivity contribution in [2.45, 2.75) is 11.8 Å². The molecule has 2 heterocycles. The molecule has 0 saturated carbocycles. The zero-order chi connectivity index (χ0) is 11.9. The van der Waals surface area contributed by atoms with Crippen molar-refractivity contribution in [3.63, 3.8) is 0 Å². The van der Waals surface area contributed by atoms with Crippen LogP contribution in [0.2, 0.25) is 0 Å². The molecule has 17 heavy (non-hydrogen) atoms. The predicted molar refractivity (Wildman–Crippen MR) is 74.7 cm³/mol. The Morgan fingerprint density at radius 2 is 2.53 bits per heavy atom. The number of thioether (sulfide) groups is 2. The fraction of sp³-hybridized carbons (Fsp3) is 0.727. The number of aromatic nitrogens is 2. The van der Waals surface area contributed by atoms with Crippen LogP contribution < -0.4 is 5.32 Å². The molecule has 1 aliphatic heterocycles. The molecule has 1 aromatic rings. The lowest BCUT2D eigenvalue weighted by molar-refractivity contribution is 0.199. The Labute approximate surface area is 111 Å². The Hall–Kier alpha value is -0.170. The van der Waals surface area contributed by atoms with Gasteiger partial charge in [-0.3, -0.25) is 0 Å². The Morgan fingerprint density at radius 3 is 3.29 bits per heavy atom. The van der Waals surface area contributed by atoms with Gasteiger partial charge in [0.25, 0.3) is 0 Å². The molecule has 0 radical (unpaired) electrons. The van der Waals surface area contributed by atoms with Gasteiger partial charge in [0.05, 0.1) is 11.9 Å². The summed E-state index contributed by atoms with van der Waals surface area (Å²) in [6.45, 7) is 2.45. The summed E-state index contributed by atoms with van der Waals surface area (Å²) < 4.78 is 4.99. The third kappa shape index (κ3) is 4.21. The maximum absolute atomic E-state index is 4.99. The minimum Gasteiger partial charge on any atom is -0.383 e. The molecular formula is C11H19N3OS2. The van der Waals surface area contributed by atoms with Crippen LogP contribution >= 0.6 is 23.5 Å². The van der Waals surface area contributed by atoms with Crippen LogP contribution in [0.5, 0.6) is 0 Å². The molecule has 1 unspecified atom stereocenters. The van der Waals surface area contributed by atoms with Gasteiger partial charge in [0.2, 0.25) is 0 Å². The normalized spacial score (nSPS) is 20.6. The molecule has 0 spiro atoms. The minimum atomic E-state index is 0.543. The summed E-state index contributed by atoms with van der Waals surface area (Å²) >= 11 is 4.03. The number of imidazole rings is 1. The third-order valence-corrected chi connectivity index (χ3v) is 5.33. The molecule has 1 aromatic heterocycles. The average molecular weight is 273 g/mol. The van der Waals surface area contributed by atoms with E-state index in [2.05, 4.69) is 15.3 Å². The highest BCUT2D eigenvalue weighted by molar-refractivity contribution is 8.06. The van der Waals surface area contributed by atoms with E-state index in [4.69, 9.17) is 4.74 Å². The number of ether oxygens (including phenoxy) is 1. The van der Waals surface area contributed by atoms with E-state index in [-0.39, 0.29) is 0 Å². The lowest BCUT2D eigenvalue weighted by Crippen LogP contribution is -2.18.